The van der Waals surface area contributed by atoms with Crippen molar-refractivity contribution in [2.45, 2.75) is 97.4 Å². The van der Waals surface area contributed by atoms with Crippen LogP contribution in [0.25, 0.3) is 0 Å². The summed E-state index contributed by atoms with van der Waals surface area (Å²) < 4.78 is 487. The molecule has 0 spiro atoms. The van der Waals surface area contributed by atoms with Crippen LogP contribution in [0.3, 0.4) is 0 Å². The summed E-state index contributed by atoms with van der Waals surface area (Å²) in [5.74, 6) is 0. The molecule has 4 aliphatic rings. The fourth-order valence-corrected chi connectivity index (χ4v) is 14.3. The molecule has 0 saturated carbocycles. The molecule has 0 heterocycles. The van der Waals surface area contributed by atoms with Crippen LogP contribution < -0.4 is 355 Å². The van der Waals surface area contributed by atoms with Crippen molar-refractivity contribution < 1.29 is 561 Å². The second kappa shape index (κ2) is 50.4. The minimum Gasteiger partial charge on any atom is -0.726 e. The first-order valence-corrected chi connectivity index (χ1v) is 37.0. The molecule has 16 atom stereocenters. The Balaban J connectivity index is -0.000000986. The molecule has 0 bridgehead atoms. The zero-order valence-electron chi connectivity index (χ0n) is 52.7. The van der Waals surface area contributed by atoms with Gasteiger partial charge in [-0.1, -0.05) is 48.6 Å². The first-order chi connectivity index (χ1) is 39.1. The van der Waals surface area contributed by atoms with E-state index in [-0.39, 0.29) is 413 Å². The summed E-state index contributed by atoms with van der Waals surface area (Å²) in [6, 6.07) is -12.5. The predicted octanol–water partition coefficient (Wildman–Crippen LogP) is -48.5. The SMILES string of the molecule is O=S(=O)([O-])O[C@H]1[C@H](OS(=O)(=O)[O-])[C@@H](N(CCN([C@H]2C=C[C@@H](OS(=O)(=O)[O-])[C@@H](OS(=O)(=O)[O-])[C@@H]2OS(=O)(=O)[O-])[C@H]2C=C[C@@H](OS(=O)(=O)[O-])[C@@H](OS(=O)(=O)[O-])[C@@H]2OS(=O)(=O)[O-])[C@H]2C=C[C@@H](OS(=O)(=O)[O-])[C@@H](OS(=O)(=O)[O-])[C@@H]2OS(=O)(=O)[O-])C=C[C@H]1OS(=O)(=O)[O-].[Na+].[Na+].[Na+].[Na+].[Na+].[Na+].[Na+].[Na+].[Na+].[Na+].[Na+].[Na+]. The third kappa shape index (κ3) is 48.4. The van der Waals surface area contributed by atoms with Crippen molar-refractivity contribution in [2.24, 2.45) is 0 Å². The van der Waals surface area contributed by atoms with Gasteiger partial charge < -0.3 is 54.6 Å². The summed E-state index contributed by atoms with van der Waals surface area (Å²) in [5.41, 5.74) is 0. The monoisotopic (exact) mass is 1800 g/mol. The van der Waals surface area contributed by atoms with Gasteiger partial charge in [-0.3, -0.25) is 60.0 Å². The van der Waals surface area contributed by atoms with Crippen molar-refractivity contribution >= 4 is 125 Å². The van der Waals surface area contributed by atoms with E-state index in [1.54, 1.807) is 0 Å². The molecule has 74 heteroatoms. The molecule has 0 N–H and O–H groups in total. The van der Waals surface area contributed by atoms with Gasteiger partial charge in [-0.05, 0) is 0 Å². The Morgan fingerprint density at radius 3 is 0.410 bits per heavy atom. The maximum atomic E-state index is 12.5. The molecule has 0 saturated heterocycles. The van der Waals surface area contributed by atoms with E-state index in [1.807, 2.05) is 0 Å². The van der Waals surface area contributed by atoms with Gasteiger partial charge >= 0.3 is 355 Å². The maximum absolute atomic E-state index is 12.5. The average molecular weight is 1800 g/mol. The van der Waals surface area contributed by atoms with Gasteiger partial charge in [-0.25, -0.2) is 101 Å². The maximum Gasteiger partial charge on any atom is 1.00 e. The van der Waals surface area contributed by atoms with Crippen molar-refractivity contribution in [3.05, 3.63) is 48.6 Å². The standard InChI is InChI=1S/C26H40N2O48S12.12Na/c29-77(30,31)65-15-5-1-11(19(69-81(41,42)43)23(15)73-85(53,54)55)27(12-2-6-16(66-78(32,33)34)24(74-86(56,57)58)20(12)70-82(44,45)46)9-10-28(13-3-7-17(67-79(35,36)37)25(75-87(59,60)61)21(13)71-83(47,48)49)14-4-8-18(68-80(38,39)40)26(76-88(62,63)64)22(14)72-84(50,51)52;;;;;;;;;;;;/h1-8,11-26H,9-10H2,(H,29,30,31)(H,32,33,34)(H,35,36,37)(H,38,39,40)(H,41,42,43)(H,44,45,46)(H,47,48,49)(H,50,51,52)(H,53,54,55)(H,56,57,58)(H,59,60,61)(H,62,63,64);;;;;;;;;;;;/q;12*+1/p-12/t11-,12-,13-,14-,15+,16+,17+,18+,19+,20+,21+,22+,23+,24+,25+,26+;;;;;;;;;;;;/m0............/s1. The van der Waals surface area contributed by atoms with E-state index in [0.29, 0.717) is 0 Å². The van der Waals surface area contributed by atoms with Gasteiger partial charge in [0, 0.05) is 13.1 Å². The van der Waals surface area contributed by atoms with Crippen LogP contribution in [0.15, 0.2) is 48.6 Å². The van der Waals surface area contributed by atoms with E-state index in [4.69, 9.17) is 0 Å². The van der Waals surface area contributed by atoms with Crippen LogP contribution in [-0.2, 0) is 175 Å². The van der Waals surface area contributed by atoms with Crippen molar-refractivity contribution in [1.82, 2.24) is 9.80 Å². The van der Waals surface area contributed by atoms with Crippen LogP contribution in [0.5, 0.6) is 0 Å². The smallest absolute Gasteiger partial charge is 0.726 e. The Labute approximate surface area is 837 Å². The molecule has 0 amide bonds. The van der Waals surface area contributed by atoms with Gasteiger partial charge in [0.2, 0.25) is 125 Å². The zero-order valence-corrected chi connectivity index (χ0v) is 86.5. The van der Waals surface area contributed by atoms with Crippen LogP contribution in [0.1, 0.15) is 0 Å². The van der Waals surface area contributed by atoms with Crippen LogP contribution in [0.4, 0.5) is 0 Å². The fraction of sp³-hybridized carbons (Fsp3) is 0.692. The number of nitrogens with zero attached hydrogens (tertiary/aromatic N) is 2. The van der Waals surface area contributed by atoms with Crippen molar-refractivity contribution in [3.63, 3.8) is 0 Å². The molecule has 0 unspecified atom stereocenters. The van der Waals surface area contributed by atoms with Crippen molar-refractivity contribution in [3.8, 4) is 0 Å². The molecule has 4 rings (SSSR count). The minimum absolute atomic E-state index is 0. The molecule has 0 radical (unpaired) electrons. The Kier molecular flexibility index (Phi) is 64.2. The van der Waals surface area contributed by atoms with E-state index in [0.717, 1.165) is 0 Å². The summed E-state index contributed by atoms with van der Waals surface area (Å²) in [6.07, 6.45) is -41.3. The zero-order chi connectivity index (χ0) is 67.9. The van der Waals surface area contributed by atoms with Crippen LogP contribution >= 0.6 is 0 Å². The van der Waals surface area contributed by atoms with Gasteiger partial charge in [0.05, 0.1) is 24.2 Å². The molecule has 50 nitrogen and oxygen atoms in total. The molecule has 0 aromatic rings. The molecule has 100 heavy (non-hydrogen) atoms. The summed E-state index contributed by atoms with van der Waals surface area (Å²) in [7, 11) is -79.3. The largest absolute Gasteiger partial charge is 1.00 e. The number of hydrogen-bond donors (Lipinski definition) is 0. The van der Waals surface area contributed by atoms with Gasteiger partial charge in [-0.15, -0.1) is 0 Å². The first kappa shape index (κ1) is 127. The second-order valence-corrected chi connectivity index (χ2v) is 28.7. The van der Waals surface area contributed by atoms with Gasteiger partial charge in [0.25, 0.3) is 0 Å². The molecule has 4 aliphatic carbocycles. The topological polar surface area (TPSA) is 804 Å². The molecular weight excluding hydrogens is 1770 g/mol. The van der Waals surface area contributed by atoms with Crippen molar-refractivity contribution in [1.29, 1.82) is 0 Å². The normalized spacial score (nSPS) is 27.4. The quantitative estimate of drug-likeness (QED) is 0.0269. The van der Waals surface area contributed by atoms with Crippen LogP contribution in [0, 0.1) is 0 Å². The molecule has 0 fully saturated rings. The molecule has 514 valence electrons. The molecule has 0 aromatic heterocycles. The predicted molar refractivity (Wildman–Crippen MR) is 240 cm³/mol. The summed E-state index contributed by atoms with van der Waals surface area (Å²) in [4.78, 5) is -0.316. The summed E-state index contributed by atoms with van der Waals surface area (Å²) in [6.45, 7) is -4.09. The Morgan fingerprint density at radius 2 is 0.300 bits per heavy atom. The molecular formula is C26H28N2Na12O48S12. The van der Waals surface area contributed by atoms with Gasteiger partial charge in [0.15, 0.2) is 0 Å². The second-order valence-electron chi connectivity index (χ2n) is 16.6. The average Bonchev–Trinajstić information content (AvgIpc) is 0.760. The van der Waals surface area contributed by atoms with E-state index < -0.39 is 235 Å². The Hall–Kier alpha value is 9.32. The Bertz CT molecular complexity index is 3650. The van der Waals surface area contributed by atoms with Crippen molar-refractivity contribution in [2.75, 3.05) is 13.1 Å². The number of rotatable bonds is 31. The summed E-state index contributed by atoms with van der Waals surface area (Å²) >= 11 is 0. The molecule has 0 aliphatic heterocycles. The van der Waals surface area contributed by atoms with E-state index in [1.165, 1.54) is 0 Å². The van der Waals surface area contributed by atoms with E-state index >= 15 is 0 Å². The Morgan fingerprint density at radius 1 is 0.190 bits per heavy atom. The first-order valence-electron chi connectivity index (χ1n) is 21.0. The number of hydrogen-bond acceptors (Lipinski definition) is 50. The van der Waals surface area contributed by atoms with Gasteiger partial charge in [-0.2, -0.15) is 0 Å². The van der Waals surface area contributed by atoms with Crippen LogP contribution in [0.2, 0.25) is 0 Å². The van der Waals surface area contributed by atoms with Gasteiger partial charge in [0.1, 0.15) is 73.2 Å². The minimum atomic E-state index is -6.77. The third-order valence-electron chi connectivity index (χ3n) is 10.8. The van der Waals surface area contributed by atoms with E-state index in [2.05, 4.69) is 50.2 Å². The summed E-state index contributed by atoms with van der Waals surface area (Å²) in [5, 5.41) is 0. The fourth-order valence-electron chi connectivity index (χ4n) is 8.58. The van der Waals surface area contributed by atoms with E-state index in [9.17, 15) is 156 Å². The van der Waals surface area contributed by atoms with Crippen LogP contribution in [-0.4, -0.2) is 276 Å². The molecule has 0 aromatic carbocycles. The third-order valence-corrected chi connectivity index (χ3v) is 16.3.